The van der Waals surface area contributed by atoms with Gasteiger partial charge in [0.2, 0.25) is 11.8 Å². The van der Waals surface area contributed by atoms with Crippen LogP contribution in [0, 0.1) is 5.92 Å². The molecule has 3 amide bonds. The number of rotatable bonds is 12. The predicted octanol–water partition coefficient (Wildman–Crippen LogP) is 3.85. The molecule has 9 nitrogen and oxygen atoms in total. The summed E-state index contributed by atoms with van der Waals surface area (Å²) < 4.78 is 10.5. The number of amides is 3. The zero-order valence-electron chi connectivity index (χ0n) is 23.2. The number of carbonyl (C=O) groups is 4. The highest BCUT2D eigenvalue weighted by Crippen LogP contribution is 2.16. The Labute approximate surface area is 230 Å². The number of hydrogen-bond acceptors (Lipinski definition) is 6. The minimum Gasteiger partial charge on any atom is -0.460 e. The highest BCUT2D eigenvalue weighted by atomic mass is 16.6. The second-order valence-electron chi connectivity index (χ2n) is 10.4. The van der Waals surface area contributed by atoms with Crippen molar-refractivity contribution in [3.05, 3.63) is 84.4 Å². The molecular weight excluding hydrogens is 498 g/mol. The van der Waals surface area contributed by atoms with Gasteiger partial charge in [0, 0.05) is 6.42 Å². The first kappa shape index (κ1) is 31.1. The molecule has 3 atom stereocenters. The van der Waals surface area contributed by atoms with Crippen LogP contribution < -0.4 is 16.0 Å². The summed E-state index contributed by atoms with van der Waals surface area (Å²) in [7, 11) is 0. The van der Waals surface area contributed by atoms with E-state index in [-0.39, 0.29) is 18.9 Å². The third-order valence-corrected chi connectivity index (χ3v) is 5.53. The zero-order chi connectivity index (χ0) is 29.0. The molecular formula is C30H39N3O6. The quantitative estimate of drug-likeness (QED) is 0.279. The maximum Gasteiger partial charge on any atom is 0.408 e. The van der Waals surface area contributed by atoms with Crippen LogP contribution in [0.3, 0.4) is 0 Å². The lowest BCUT2D eigenvalue weighted by Crippen LogP contribution is -2.54. The number of carbonyl (C=O) groups excluding carboxylic acids is 4. The molecule has 210 valence electrons. The summed E-state index contributed by atoms with van der Waals surface area (Å²) in [6, 6.07) is 14.7. The van der Waals surface area contributed by atoms with E-state index in [0.717, 1.165) is 5.56 Å². The largest absolute Gasteiger partial charge is 0.460 e. The van der Waals surface area contributed by atoms with Gasteiger partial charge in [-0.05, 0) is 37.8 Å². The van der Waals surface area contributed by atoms with Crippen molar-refractivity contribution < 1.29 is 28.7 Å². The molecule has 2 aromatic carbocycles. The number of esters is 1. The number of nitrogens with one attached hydrogen (secondary N) is 3. The molecule has 0 heterocycles. The summed E-state index contributed by atoms with van der Waals surface area (Å²) >= 11 is 0. The fourth-order valence-electron chi connectivity index (χ4n) is 3.66. The summed E-state index contributed by atoms with van der Waals surface area (Å²) in [5.74, 6) is -2.08. The standard InChI is InChI=1S/C30H39N3O6/c1-7-18-38-28(36)24(20(2)3)32-27(35)25(22-16-12-9-13-17-22)33-26(34)23(19-21-14-10-8-11-15-21)31-29(37)39-30(4,5)6/h7-17,20,23-25H,1,18-19H2,2-6H3,(H,31,37)(H,32,35)(H,33,34)/t23-,24-,25+/m0/s1. The van der Waals surface area contributed by atoms with Crippen molar-refractivity contribution in [1.29, 1.82) is 0 Å². The van der Waals surface area contributed by atoms with Crippen LogP contribution in [0.15, 0.2) is 73.3 Å². The molecule has 0 unspecified atom stereocenters. The van der Waals surface area contributed by atoms with Crippen molar-refractivity contribution in [2.24, 2.45) is 5.92 Å². The van der Waals surface area contributed by atoms with Crippen molar-refractivity contribution in [1.82, 2.24) is 16.0 Å². The van der Waals surface area contributed by atoms with Gasteiger partial charge < -0.3 is 25.4 Å². The van der Waals surface area contributed by atoms with Crippen molar-refractivity contribution >= 4 is 23.9 Å². The molecule has 0 aromatic heterocycles. The van der Waals surface area contributed by atoms with Crippen LogP contribution in [0.1, 0.15) is 51.8 Å². The van der Waals surface area contributed by atoms with Crippen LogP contribution in [0.2, 0.25) is 0 Å². The first-order chi connectivity index (χ1) is 18.4. The van der Waals surface area contributed by atoms with E-state index in [0.29, 0.717) is 5.56 Å². The van der Waals surface area contributed by atoms with E-state index >= 15 is 0 Å². The van der Waals surface area contributed by atoms with Crippen molar-refractivity contribution in [2.45, 2.75) is 64.8 Å². The number of alkyl carbamates (subject to hydrolysis) is 1. The topological polar surface area (TPSA) is 123 Å². The van der Waals surface area contributed by atoms with E-state index in [2.05, 4.69) is 22.5 Å². The molecule has 0 bridgehead atoms. The monoisotopic (exact) mass is 537 g/mol. The van der Waals surface area contributed by atoms with Gasteiger partial charge in [-0.2, -0.15) is 0 Å². The Kier molecular flexibility index (Phi) is 11.7. The normalized spacial score (nSPS) is 13.4. The molecule has 3 N–H and O–H groups in total. The third kappa shape index (κ3) is 10.6. The number of benzene rings is 2. The summed E-state index contributed by atoms with van der Waals surface area (Å²) in [5, 5.41) is 8.10. The molecule has 9 heteroatoms. The second kappa shape index (κ2) is 14.7. The lowest BCUT2D eigenvalue weighted by atomic mass is 10.0. The Morgan fingerprint density at radius 2 is 1.46 bits per heavy atom. The molecule has 2 rings (SSSR count). The number of hydrogen-bond donors (Lipinski definition) is 3. The van der Waals surface area contributed by atoms with E-state index < -0.39 is 47.6 Å². The van der Waals surface area contributed by atoms with Gasteiger partial charge >= 0.3 is 12.1 Å². The van der Waals surface area contributed by atoms with Crippen LogP contribution >= 0.6 is 0 Å². The van der Waals surface area contributed by atoms with E-state index in [1.54, 1.807) is 65.0 Å². The van der Waals surface area contributed by atoms with Gasteiger partial charge in [-0.25, -0.2) is 9.59 Å². The van der Waals surface area contributed by atoms with E-state index in [9.17, 15) is 19.2 Å². The fourth-order valence-corrected chi connectivity index (χ4v) is 3.66. The number of ether oxygens (including phenoxy) is 2. The molecule has 0 aliphatic carbocycles. The van der Waals surface area contributed by atoms with Gasteiger partial charge in [0.05, 0.1) is 0 Å². The zero-order valence-corrected chi connectivity index (χ0v) is 23.2. The van der Waals surface area contributed by atoms with Gasteiger partial charge in [0.1, 0.15) is 30.3 Å². The summed E-state index contributed by atoms with van der Waals surface area (Å²) in [6.07, 6.45) is 0.843. The fraction of sp³-hybridized carbons (Fsp3) is 0.400. The molecule has 0 aliphatic rings. The third-order valence-electron chi connectivity index (χ3n) is 5.53. The van der Waals surface area contributed by atoms with E-state index in [4.69, 9.17) is 9.47 Å². The van der Waals surface area contributed by atoms with Gasteiger partial charge in [-0.15, -0.1) is 0 Å². The van der Waals surface area contributed by atoms with E-state index in [1.807, 2.05) is 30.3 Å². The average molecular weight is 538 g/mol. The van der Waals surface area contributed by atoms with Gasteiger partial charge in [-0.1, -0.05) is 87.2 Å². The molecule has 0 saturated heterocycles. The van der Waals surface area contributed by atoms with Crippen LogP contribution in [0.4, 0.5) is 4.79 Å². The van der Waals surface area contributed by atoms with Gasteiger partial charge in [-0.3, -0.25) is 9.59 Å². The SMILES string of the molecule is C=CCOC(=O)[C@@H](NC(=O)[C@H](NC(=O)[C@H](Cc1ccccc1)NC(=O)OC(C)(C)C)c1ccccc1)C(C)C. The maximum absolute atomic E-state index is 13.6. The Morgan fingerprint density at radius 1 is 0.872 bits per heavy atom. The van der Waals surface area contributed by atoms with Crippen molar-refractivity contribution in [3.63, 3.8) is 0 Å². The minimum atomic E-state index is -1.15. The highest BCUT2D eigenvalue weighted by molar-refractivity contribution is 5.94. The Balaban J connectivity index is 2.32. The highest BCUT2D eigenvalue weighted by Gasteiger charge is 2.33. The molecule has 39 heavy (non-hydrogen) atoms. The summed E-state index contributed by atoms with van der Waals surface area (Å²) in [5.41, 5.74) is 0.538. The lowest BCUT2D eigenvalue weighted by Gasteiger charge is -2.27. The first-order valence-corrected chi connectivity index (χ1v) is 12.9. The molecule has 0 spiro atoms. The van der Waals surface area contributed by atoms with Gasteiger partial charge in [0.15, 0.2) is 0 Å². The maximum atomic E-state index is 13.6. The molecule has 0 aliphatic heterocycles. The molecule has 0 saturated carbocycles. The molecule has 2 aromatic rings. The Hall–Kier alpha value is -4.14. The molecule has 0 radical (unpaired) electrons. The average Bonchev–Trinajstić information content (AvgIpc) is 2.88. The van der Waals surface area contributed by atoms with Crippen LogP contribution in [-0.2, 0) is 30.3 Å². The van der Waals surface area contributed by atoms with Crippen LogP contribution in [0.5, 0.6) is 0 Å². The predicted molar refractivity (Wildman–Crippen MR) is 149 cm³/mol. The lowest BCUT2D eigenvalue weighted by molar-refractivity contribution is -0.148. The van der Waals surface area contributed by atoms with E-state index in [1.165, 1.54) is 6.08 Å². The smallest absolute Gasteiger partial charge is 0.408 e. The van der Waals surface area contributed by atoms with Crippen molar-refractivity contribution in [2.75, 3.05) is 6.61 Å². The molecule has 0 fully saturated rings. The summed E-state index contributed by atoms with van der Waals surface area (Å²) in [4.78, 5) is 52.2. The summed E-state index contributed by atoms with van der Waals surface area (Å²) in [6.45, 7) is 12.3. The van der Waals surface area contributed by atoms with Crippen LogP contribution in [-0.4, -0.2) is 48.2 Å². The Morgan fingerprint density at radius 3 is 2.00 bits per heavy atom. The van der Waals surface area contributed by atoms with Gasteiger partial charge in [0.25, 0.3) is 0 Å². The first-order valence-electron chi connectivity index (χ1n) is 12.9. The van der Waals surface area contributed by atoms with Crippen molar-refractivity contribution in [3.8, 4) is 0 Å². The second-order valence-corrected chi connectivity index (χ2v) is 10.4. The Bertz CT molecular complexity index is 1110. The van der Waals surface area contributed by atoms with Crippen LogP contribution in [0.25, 0.3) is 0 Å². The minimum absolute atomic E-state index is 0.00821.